The SMILES string of the molecule is c1c(NCC2CCC2)nnc2c1CCNC2. The van der Waals surface area contributed by atoms with E-state index in [4.69, 9.17) is 0 Å². The average molecular weight is 218 g/mol. The number of hydrogen-bond donors (Lipinski definition) is 2. The first-order valence-corrected chi connectivity index (χ1v) is 6.22. The standard InChI is InChI=1S/C12H18N4/c1-2-9(3-1)7-14-12-6-10-4-5-13-8-11(10)15-16-12/h6,9,13H,1-5,7-8H2,(H,14,16). The first-order chi connectivity index (χ1) is 7.92. The molecular formula is C12H18N4. The number of anilines is 1. The van der Waals surface area contributed by atoms with Gasteiger partial charge in [-0.15, -0.1) is 5.10 Å². The topological polar surface area (TPSA) is 49.8 Å². The van der Waals surface area contributed by atoms with Crippen molar-refractivity contribution in [3.05, 3.63) is 17.3 Å². The third-order valence-electron chi connectivity index (χ3n) is 3.62. The molecule has 1 fully saturated rings. The molecule has 0 radical (unpaired) electrons. The first kappa shape index (κ1) is 10.0. The van der Waals surface area contributed by atoms with Gasteiger partial charge in [0.2, 0.25) is 0 Å². The highest BCUT2D eigenvalue weighted by Gasteiger charge is 2.17. The number of rotatable bonds is 3. The Labute approximate surface area is 95.8 Å². The number of nitrogens with one attached hydrogen (secondary N) is 2. The second-order valence-electron chi connectivity index (χ2n) is 4.81. The molecule has 0 amide bonds. The quantitative estimate of drug-likeness (QED) is 0.803. The lowest BCUT2D eigenvalue weighted by molar-refractivity contribution is 0.333. The van der Waals surface area contributed by atoms with Crippen molar-refractivity contribution in [1.29, 1.82) is 0 Å². The predicted molar refractivity (Wildman–Crippen MR) is 63.3 cm³/mol. The average Bonchev–Trinajstić information content (AvgIpc) is 2.27. The summed E-state index contributed by atoms with van der Waals surface area (Å²) in [5.41, 5.74) is 2.46. The predicted octanol–water partition coefficient (Wildman–Crippen LogP) is 1.33. The second kappa shape index (κ2) is 4.37. The van der Waals surface area contributed by atoms with Crippen LogP contribution in [0.4, 0.5) is 5.82 Å². The molecule has 2 N–H and O–H groups in total. The van der Waals surface area contributed by atoms with E-state index in [1.165, 1.54) is 24.8 Å². The molecule has 0 saturated heterocycles. The molecule has 2 heterocycles. The third kappa shape index (κ3) is 2.02. The van der Waals surface area contributed by atoms with E-state index in [1.54, 1.807) is 0 Å². The molecule has 4 heteroatoms. The Morgan fingerprint density at radius 3 is 3.12 bits per heavy atom. The number of nitrogens with zero attached hydrogens (tertiary/aromatic N) is 2. The van der Waals surface area contributed by atoms with Gasteiger partial charge in [0.15, 0.2) is 0 Å². The summed E-state index contributed by atoms with van der Waals surface area (Å²) in [5, 5.41) is 15.2. The zero-order chi connectivity index (χ0) is 10.8. The van der Waals surface area contributed by atoms with Crippen LogP contribution in [0.5, 0.6) is 0 Å². The Kier molecular flexibility index (Phi) is 2.74. The lowest BCUT2D eigenvalue weighted by atomic mass is 9.85. The van der Waals surface area contributed by atoms with Crippen LogP contribution in [0.15, 0.2) is 6.07 Å². The molecule has 1 aliphatic heterocycles. The summed E-state index contributed by atoms with van der Waals surface area (Å²) in [7, 11) is 0. The van der Waals surface area contributed by atoms with Crippen molar-refractivity contribution in [1.82, 2.24) is 15.5 Å². The molecule has 3 rings (SSSR count). The van der Waals surface area contributed by atoms with Crippen LogP contribution in [0.3, 0.4) is 0 Å². The molecule has 0 unspecified atom stereocenters. The summed E-state index contributed by atoms with van der Waals surface area (Å²) in [4.78, 5) is 0. The van der Waals surface area contributed by atoms with Gasteiger partial charge in [-0.2, -0.15) is 5.10 Å². The molecule has 4 nitrogen and oxygen atoms in total. The largest absolute Gasteiger partial charge is 0.368 e. The summed E-state index contributed by atoms with van der Waals surface area (Å²) in [6.45, 7) is 2.98. The molecule has 1 saturated carbocycles. The summed E-state index contributed by atoms with van der Waals surface area (Å²) in [6.07, 6.45) is 5.21. The maximum Gasteiger partial charge on any atom is 0.148 e. The van der Waals surface area contributed by atoms with Crippen molar-refractivity contribution in [3.63, 3.8) is 0 Å². The lowest BCUT2D eigenvalue weighted by Crippen LogP contribution is -2.26. The summed E-state index contributed by atoms with van der Waals surface area (Å²) < 4.78 is 0. The van der Waals surface area contributed by atoms with Crippen molar-refractivity contribution in [2.45, 2.75) is 32.2 Å². The number of aromatic nitrogens is 2. The normalized spacial score (nSPS) is 20.0. The minimum atomic E-state index is 0.861. The van der Waals surface area contributed by atoms with Crippen molar-refractivity contribution >= 4 is 5.82 Å². The fourth-order valence-electron chi connectivity index (χ4n) is 2.28. The Morgan fingerprint density at radius 1 is 1.38 bits per heavy atom. The van der Waals surface area contributed by atoms with E-state index in [1.807, 2.05) is 0 Å². The Hall–Kier alpha value is -1.16. The molecule has 0 aromatic carbocycles. The van der Waals surface area contributed by atoms with Gasteiger partial charge < -0.3 is 10.6 Å². The Bertz CT molecular complexity index is 373. The molecule has 16 heavy (non-hydrogen) atoms. The van der Waals surface area contributed by atoms with E-state index in [-0.39, 0.29) is 0 Å². The molecule has 1 aromatic heterocycles. The van der Waals surface area contributed by atoms with Crippen LogP contribution in [0.1, 0.15) is 30.5 Å². The van der Waals surface area contributed by atoms with Gasteiger partial charge in [0.1, 0.15) is 5.82 Å². The van der Waals surface area contributed by atoms with E-state index in [0.717, 1.165) is 43.5 Å². The smallest absolute Gasteiger partial charge is 0.148 e. The van der Waals surface area contributed by atoms with Crippen LogP contribution < -0.4 is 10.6 Å². The molecule has 1 aromatic rings. The molecule has 0 spiro atoms. The summed E-state index contributed by atoms with van der Waals surface area (Å²) in [5.74, 6) is 1.81. The van der Waals surface area contributed by atoms with Crippen molar-refractivity contribution in [3.8, 4) is 0 Å². The Morgan fingerprint density at radius 2 is 2.31 bits per heavy atom. The van der Waals surface area contributed by atoms with Crippen LogP contribution >= 0.6 is 0 Å². The zero-order valence-electron chi connectivity index (χ0n) is 9.50. The van der Waals surface area contributed by atoms with E-state index >= 15 is 0 Å². The van der Waals surface area contributed by atoms with Crippen molar-refractivity contribution in [2.75, 3.05) is 18.4 Å². The number of hydrogen-bond acceptors (Lipinski definition) is 4. The number of fused-ring (bicyclic) bond motifs is 1. The van der Waals surface area contributed by atoms with Crippen LogP contribution in [-0.2, 0) is 13.0 Å². The summed E-state index contributed by atoms with van der Waals surface area (Å²) >= 11 is 0. The van der Waals surface area contributed by atoms with Gasteiger partial charge in [0.25, 0.3) is 0 Å². The first-order valence-electron chi connectivity index (χ1n) is 6.22. The minimum Gasteiger partial charge on any atom is -0.368 e. The summed E-state index contributed by atoms with van der Waals surface area (Å²) in [6, 6.07) is 2.17. The molecule has 0 bridgehead atoms. The molecule has 2 aliphatic rings. The second-order valence-corrected chi connectivity index (χ2v) is 4.81. The molecule has 1 aliphatic carbocycles. The lowest BCUT2D eigenvalue weighted by Gasteiger charge is -2.25. The minimum absolute atomic E-state index is 0.861. The monoisotopic (exact) mass is 218 g/mol. The van der Waals surface area contributed by atoms with Gasteiger partial charge in [-0.3, -0.25) is 0 Å². The van der Waals surface area contributed by atoms with E-state index in [0.29, 0.717) is 0 Å². The maximum atomic E-state index is 4.27. The third-order valence-corrected chi connectivity index (χ3v) is 3.62. The zero-order valence-corrected chi connectivity index (χ0v) is 9.50. The van der Waals surface area contributed by atoms with Crippen LogP contribution in [0, 0.1) is 5.92 Å². The van der Waals surface area contributed by atoms with E-state index in [2.05, 4.69) is 26.9 Å². The molecule has 86 valence electrons. The van der Waals surface area contributed by atoms with Crippen molar-refractivity contribution in [2.24, 2.45) is 5.92 Å². The van der Waals surface area contributed by atoms with Gasteiger partial charge in [-0.1, -0.05) is 6.42 Å². The van der Waals surface area contributed by atoms with Gasteiger partial charge in [-0.05, 0) is 43.4 Å². The fourth-order valence-corrected chi connectivity index (χ4v) is 2.28. The fraction of sp³-hybridized carbons (Fsp3) is 0.667. The van der Waals surface area contributed by atoms with Crippen LogP contribution in [-0.4, -0.2) is 23.3 Å². The van der Waals surface area contributed by atoms with Gasteiger partial charge in [0, 0.05) is 13.1 Å². The van der Waals surface area contributed by atoms with Crippen LogP contribution in [0.2, 0.25) is 0 Å². The Balaban J connectivity index is 1.65. The van der Waals surface area contributed by atoms with Gasteiger partial charge in [-0.25, -0.2) is 0 Å². The van der Waals surface area contributed by atoms with Crippen molar-refractivity contribution < 1.29 is 0 Å². The van der Waals surface area contributed by atoms with Gasteiger partial charge >= 0.3 is 0 Å². The van der Waals surface area contributed by atoms with E-state index < -0.39 is 0 Å². The van der Waals surface area contributed by atoms with Crippen LogP contribution in [0.25, 0.3) is 0 Å². The molecular weight excluding hydrogens is 200 g/mol. The highest BCUT2D eigenvalue weighted by molar-refractivity contribution is 5.39. The maximum absolute atomic E-state index is 4.27. The van der Waals surface area contributed by atoms with Gasteiger partial charge in [0.05, 0.1) is 5.69 Å². The highest BCUT2D eigenvalue weighted by atomic mass is 15.2. The molecule has 0 atom stereocenters. The highest BCUT2D eigenvalue weighted by Crippen LogP contribution is 2.26. The van der Waals surface area contributed by atoms with E-state index in [9.17, 15) is 0 Å².